The topological polar surface area (TPSA) is 26.9 Å². The van der Waals surface area contributed by atoms with E-state index in [1.54, 1.807) is 0 Å². The molecular formula is C17H17ClN2O. The van der Waals surface area contributed by atoms with Crippen molar-refractivity contribution in [3.05, 3.63) is 58.5 Å². The average molecular weight is 301 g/mol. The number of carbonyl (C=O) groups excluding carboxylic acids is 1. The van der Waals surface area contributed by atoms with E-state index < -0.39 is 0 Å². The molecule has 21 heavy (non-hydrogen) atoms. The van der Waals surface area contributed by atoms with Gasteiger partial charge in [-0.1, -0.05) is 23.7 Å². The number of ketones is 1. The third-order valence-corrected chi connectivity index (χ3v) is 4.43. The van der Waals surface area contributed by atoms with Crippen LogP contribution in [0.4, 0.5) is 0 Å². The molecule has 0 atom stereocenters. The maximum atomic E-state index is 12.6. The lowest BCUT2D eigenvalue weighted by molar-refractivity contribution is 0.0973. The molecule has 3 nitrogen and oxygen atoms in total. The first kappa shape index (κ1) is 14.0. The second-order valence-corrected chi connectivity index (χ2v) is 5.80. The summed E-state index contributed by atoms with van der Waals surface area (Å²) in [7, 11) is 1.98. The Morgan fingerprint density at radius 3 is 2.67 bits per heavy atom. The van der Waals surface area contributed by atoms with Crippen LogP contribution < -0.4 is 0 Å². The first-order chi connectivity index (χ1) is 9.99. The highest BCUT2D eigenvalue weighted by Gasteiger charge is 2.15. The summed E-state index contributed by atoms with van der Waals surface area (Å²) in [6, 6.07) is 9.70. The number of aryl methyl sites for hydroxylation is 1. The molecule has 3 aromatic rings. The van der Waals surface area contributed by atoms with Gasteiger partial charge in [0.25, 0.3) is 0 Å². The summed E-state index contributed by atoms with van der Waals surface area (Å²) in [6.07, 6.45) is 1.92. The summed E-state index contributed by atoms with van der Waals surface area (Å²) in [6.45, 7) is 4.28. The Balaban J connectivity index is 1.99. The maximum absolute atomic E-state index is 12.6. The number of aromatic nitrogens is 2. The molecule has 0 unspecified atom stereocenters. The second-order valence-electron chi connectivity index (χ2n) is 5.39. The number of halogens is 1. The van der Waals surface area contributed by atoms with Gasteiger partial charge in [0.05, 0.1) is 17.1 Å². The summed E-state index contributed by atoms with van der Waals surface area (Å²) >= 11 is 6.26. The quantitative estimate of drug-likeness (QED) is 0.668. The van der Waals surface area contributed by atoms with Crippen molar-refractivity contribution in [2.45, 2.75) is 20.4 Å². The fourth-order valence-electron chi connectivity index (χ4n) is 2.72. The highest BCUT2D eigenvalue weighted by molar-refractivity contribution is 6.35. The Hall–Kier alpha value is -2.00. The molecule has 0 spiro atoms. The SMILES string of the molecule is Cc1cc(C(=O)Cn2ccc3cccc(Cl)c32)c(C)n1C. The van der Waals surface area contributed by atoms with Crippen molar-refractivity contribution in [2.24, 2.45) is 7.05 Å². The number of fused-ring (bicyclic) bond motifs is 1. The van der Waals surface area contributed by atoms with Crippen molar-refractivity contribution < 1.29 is 4.79 Å². The highest BCUT2D eigenvalue weighted by atomic mass is 35.5. The van der Waals surface area contributed by atoms with E-state index in [0.29, 0.717) is 11.6 Å². The lowest BCUT2D eigenvalue weighted by Gasteiger charge is -2.06. The van der Waals surface area contributed by atoms with Crippen molar-refractivity contribution in [1.82, 2.24) is 9.13 Å². The minimum absolute atomic E-state index is 0.105. The lowest BCUT2D eigenvalue weighted by Crippen LogP contribution is -2.10. The summed E-state index contributed by atoms with van der Waals surface area (Å²) in [4.78, 5) is 12.6. The molecule has 3 rings (SSSR count). The predicted molar refractivity (Wildman–Crippen MR) is 86.2 cm³/mol. The van der Waals surface area contributed by atoms with Gasteiger partial charge in [-0.2, -0.15) is 0 Å². The molecule has 0 amide bonds. The van der Waals surface area contributed by atoms with Crippen LogP contribution in [0.3, 0.4) is 0 Å². The van der Waals surface area contributed by atoms with Crippen molar-refractivity contribution in [3.63, 3.8) is 0 Å². The zero-order valence-electron chi connectivity index (χ0n) is 12.4. The summed E-state index contributed by atoms with van der Waals surface area (Å²) < 4.78 is 3.95. The van der Waals surface area contributed by atoms with Crippen LogP contribution in [-0.4, -0.2) is 14.9 Å². The standard InChI is InChI=1S/C17H17ClN2O/c1-11-9-14(12(2)19(11)3)16(21)10-20-8-7-13-5-4-6-15(18)17(13)20/h4-9H,10H2,1-3H3. The van der Waals surface area contributed by atoms with E-state index in [4.69, 9.17) is 11.6 Å². The van der Waals surface area contributed by atoms with Gasteiger partial charge < -0.3 is 9.13 Å². The van der Waals surface area contributed by atoms with E-state index >= 15 is 0 Å². The van der Waals surface area contributed by atoms with Crippen LogP contribution in [0.2, 0.25) is 5.02 Å². The fourth-order valence-corrected chi connectivity index (χ4v) is 3.01. The molecule has 0 bridgehead atoms. The van der Waals surface area contributed by atoms with Gasteiger partial charge in [0.15, 0.2) is 5.78 Å². The van der Waals surface area contributed by atoms with Crippen LogP contribution in [0, 0.1) is 13.8 Å². The number of hydrogen-bond acceptors (Lipinski definition) is 1. The van der Waals surface area contributed by atoms with Gasteiger partial charge in [-0.15, -0.1) is 0 Å². The average Bonchev–Trinajstić information content (AvgIpc) is 2.97. The van der Waals surface area contributed by atoms with Crippen LogP contribution in [0.1, 0.15) is 21.7 Å². The van der Waals surface area contributed by atoms with Gasteiger partial charge in [0.2, 0.25) is 0 Å². The van der Waals surface area contributed by atoms with Crippen LogP contribution in [-0.2, 0) is 13.6 Å². The van der Waals surface area contributed by atoms with Crippen LogP contribution >= 0.6 is 11.6 Å². The minimum Gasteiger partial charge on any atom is -0.351 e. The summed E-state index contributed by atoms with van der Waals surface area (Å²) in [5.74, 6) is 0.105. The molecule has 0 aliphatic rings. The van der Waals surface area contributed by atoms with Gasteiger partial charge in [0.1, 0.15) is 0 Å². The number of Topliss-reactive ketones (excluding diaryl/α,β-unsaturated/α-hetero) is 1. The van der Waals surface area contributed by atoms with Gasteiger partial charge >= 0.3 is 0 Å². The largest absolute Gasteiger partial charge is 0.351 e. The number of carbonyl (C=O) groups is 1. The molecule has 108 valence electrons. The van der Waals surface area contributed by atoms with Crippen molar-refractivity contribution >= 4 is 28.3 Å². The fraction of sp³-hybridized carbons (Fsp3) is 0.235. The van der Waals surface area contributed by atoms with E-state index in [1.807, 2.05) is 66.6 Å². The maximum Gasteiger partial charge on any atom is 0.184 e. The molecular weight excluding hydrogens is 284 g/mol. The monoisotopic (exact) mass is 300 g/mol. The third-order valence-electron chi connectivity index (χ3n) is 4.13. The second kappa shape index (κ2) is 5.08. The Kier molecular flexibility index (Phi) is 3.38. The Morgan fingerprint density at radius 1 is 1.24 bits per heavy atom. The normalized spacial score (nSPS) is 11.2. The molecule has 0 saturated carbocycles. The van der Waals surface area contributed by atoms with E-state index in [-0.39, 0.29) is 5.78 Å². The number of nitrogens with zero attached hydrogens (tertiary/aromatic N) is 2. The van der Waals surface area contributed by atoms with Crippen molar-refractivity contribution in [2.75, 3.05) is 0 Å². The first-order valence-corrected chi connectivity index (χ1v) is 7.26. The Bertz CT molecular complexity index is 842. The van der Waals surface area contributed by atoms with Gasteiger partial charge in [-0.3, -0.25) is 4.79 Å². The molecule has 2 heterocycles. The number of para-hydroxylation sites is 1. The number of benzene rings is 1. The van der Waals surface area contributed by atoms with Crippen molar-refractivity contribution in [1.29, 1.82) is 0 Å². The number of rotatable bonds is 3. The van der Waals surface area contributed by atoms with E-state index in [2.05, 4.69) is 0 Å². The van der Waals surface area contributed by atoms with E-state index in [9.17, 15) is 4.79 Å². The molecule has 4 heteroatoms. The van der Waals surface area contributed by atoms with Gasteiger partial charge in [-0.05, 0) is 32.0 Å². The Morgan fingerprint density at radius 2 is 2.00 bits per heavy atom. The zero-order chi connectivity index (χ0) is 15.1. The first-order valence-electron chi connectivity index (χ1n) is 6.88. The third kappa shape index (κ3) is 2.28. The zero-order valence-corrected chi connectivity index (χ0v) is 13.1. The molecule has 0 fully saturated rings. The highest BCUT2D eigenvalue weighted by Crippen LogP contribution is 2.25. The Labute approximate surface area is 128 Å². The molecule has 2 aromatic heterocycles. The molecule has 0 saturated heterocycles. The number of hydrogen-bond donors (Lipinski definition) is 0. The van der Waals surface area contributed by atoms with Crippen molar-refractivity contribution in [3.8, 4) is 0 Å². The predicted octanol–water partition coefficient (Wildman–Crippen LogP) is 4.13. The minimum atomic E-state index is 0.105. The van der Waals surface area contributed by atoms with Gasteiger partial charge in [0, 0.05) is 35.6 Å². The van der Waals surface area contributed by atoms with Crippen LogP contribution in [0.5, 0.6) is 0 Å². The lowest BCUT2D eigenvalue weighted by atomic mass is 10.1. The molecule has 0 radical (unpaired) electrons. The molecule has 0 aliphatic heterocycles. The molecule has 0 aliphatic carbocycles. The van der Waals surface area contributed by atoms with E-state index in [1.165, 1.54) is 0 Å². The smallest absolute Gasteiger partial charge is 0.184 e. The van der Waals surface area contributed by atoms with E-state index in [0.717, 1.165) is 27.9 Å². The molecule has 1 aromatic carbocycles. The van der Waals surface area contributed by atoms with Crippen LogP contribution in [0.15, 0.2) is 36.5 Å². The van der Waals surface area contributed by atoms with Gasteiger partial charge in [-0.25, -0.2) is 0 Å². The summed E-state index contributed by atoms with van der Waals surface area (Å²) in [5.41, 5.74) is 3.79. The summed E-state index contributed by atoms with van der Waals surface area (Å²) in [5, 5.41) is 1.72. The molecule has 0 N–H and O–H groups in total. The van der Waals surface area contributed by atoms with Crippen LogP contribution in [0.25, 0.3) is 10.9 Å².